The van der Waals surface area contributed by atoms with Crippen molar-refractivity contribution in [3.05, 3.63) is 64.3 Å². The smallest absolute Gasteiger partial charge is 0.262 e. The fraction of sp³-hybridized carbons (Fsp3) is 0.444. The maximum absolute atomic E-state index is 13.7. The highest BCUT2D eigenvalue weighted by Gasteiger charge is 2.32. The highest BCUT2D eigenvalue weighted by Crippen LogP contribution is 2.28. The molecule has 9 heteroatoms. The van der Waals surface area contributed by atoms with E-state index in [2.05, 4.69) is 27.1 Å². The van der Waals surface area contributed by atoms with Crippen molar-refractivity contribution >= 4 is 44.8 Å². The molecule has 1 aromatic carbocycles. The van der Waals surface area contributed by atoms with Crippen molar-refractivity contribution in [2.75, 3.05) is 46.3 Å². The molecule has 0 aliphatic carbocycles. The Labute approximate surface area is 221 Å². The summed E-state index contributed by atoms with van der Waals surface area (Å²) in [6, 6.07) is 11.2. The van der Waals surface area contributed by atoms with Crippen LogP contribution in [0, 0.1) is 0 Å². The van der Waals surface area contributed by atoms with Gasteiger partial charge in [0.1, 0.15) is 6.04 Å². The summed E-state index contributed by atoms with van der Waals surface area (Å²) in [5.41, 5.74) is 0.969. The Balaban J connectivity index is 1.27. The number of carbonyl (C=O) groups excluding carboxylic acids is 2. The Morgan fingerprint density at radius 1 is 1.06 bits per heavy atom. The van der Waals surface area contributed by atoms with Crippen molar-refractivity contribution < 1.29 is 9.59 Å². The van der Waals surface area contributed by atoms with Gasteiger partial charge in [-0.25, -0.2) is 0 Å². The van der Waals surface area contributed by atoms with Crippen LogP contribution in [0.5, 0.6) is 0 Å². The standard InChI is InChI=1S/C27H32ClN5O2S/c1-31-10-6-22(7-11-31)32-12-14-33(15-13-32)27(35)23(16-19-4-8-29-9-5-19)30-26(34)25-17-20-2-3-21(28)18-24(20)36-25/h2-5,8-9,17-18,22-23H,6-7,10-16H2,1H3,(H,30,34)/t23-/m1/s1. The Kier molecular flexibility index (Phi) is 7.86. The van der Waals surface area contributed by atoms with Crippen molar-refractivity contribution in [1.29, 1.82) is 0 Å². The SMILES string of the molecule is CN1CCC(N2CCN(C(=O)[C@@H](Cc3ccncc3)NC(=O)c3cc4ccc(Cl)cc4s3)CC2)CC1. The number of likely N-dealkylation sites (tertiary alicyclic amines) is 1. The van der Waals surface area contributed by atoms with Gasteiger partial charge < -0.3 is 15.1 Å². The molecule has 2 amide bonds. The first-order chi connectivity index (χ1) is 17.5. The Morgan fingerprint density at radius 3 is 2.50 bits per heavy atom. The zero-order chi connectivity index (χ0) is 25.1. The molecule has 2 aromatic heterocycles. The number of halogens is 1. The zero-order valence-corrected chi connectivity index (χ0v) is 22.1. The molecule has 36 heavy (non-hydrogen) atoms. The minimum absolute atomic E-state index is 0.0210. The summed E-state index contributed by atoms with van der Waals surface area (Å²) >= 11 is 7.51. The molecule has 2 aliphatic rings. The number of rotatable bonds is 6. The van der Waals surface area contributed by atoms with Gasteiger partial charge in [0.05, 0.1) is 4.88 Å². The van der Waals surface area contributed by atoms with Gasteiger partial charge in [0.2, 0.25) is 5.91 Å². The predicted octanol–water partition coefficient (Wildman–Crippen LogP) is 3.53. The molecule has 0 saturated carbocycles. The molecule has 0 radical (unpaired) electrons. The Bertz CT molecular complexity index is 1200. The third-order valence-electron chi connectivity index (χ3n) is 7.33. The maximum atomic E-state index is 13.7. The number of hydrogen-bond acceptors (Lipinski definition) is 6. The van der Waals surface area contributed by atoms with Crippen LogP contribution in [0.4, 0.5) is 0 Å². The number of piperidine rings is 1. The van der Waals surface area contributed by atoms with Gasteiger partial charge in [0, 0.05) is 60.8 Å². The van der Waals surface area contributed by atoms with Crippen LogP contribution in [-0.4, -0.2) is 89.9 Å². The number of hydrogen-bond donors (Lipinski definition) is 1. The molecular weight excluding hydrogens is 494 g/mol. The number of piperazine rings is 1. The maximum Gasteiger partial charge on any atom is 0.262 e. The van der Waals surface area contributed by atoms with E-state index in [9.17, 15) is 9.59 Å². The van der Waals surface area contributed by atoms with Gasteiger partial charge in [-0.3, -0.25) is 19.5 Å². The van der Waals surface area contributed by atoms with Crippen LogP contribution >= 0.6 is 22.9 Å². The molecule has 1 atom stereocenters. The van der Waals surface area contributed by atoms with E-state index in [1.165, 1.54) is 24.2 Å². The van der Waals surface area contributed by atoms with Crippen LogP contribution in [0.15, 0.2) is 48.8 Å². The van der Waals surface area contributed by atoms with E-state index in [4.69, 9.17) is 11.6 Å². The van der Waals surface area contributed by atoms with Gasteiger partial charge in [0.15, 0.2) is 0 Å². The van der Waals surface area contributed by atoms with Crippen LogP contribution < -0.4 is 5.32 Å². The van der Waals surface area contributed by atoms with Crippen molar-refractivity contribution in [2.45, 2.75) is 31.3 Å². The molecule has 1 N–H and O–H groups in total. The Hall–Kier alpha value is -2.52. The monoisotopic (exact) mass is 525 g/mol. The van der Waals surface area contributed by atoms with Gasteiger partial charge in [0.25, 0.3) is 5.91 Å². The molecule has 2 fully saturated rings. The zero-order valence-electron chi connectivity index (χ0n) is 20.5. The average molecular weight is 526 g/mol. The van der Waals surface area contributed by atoms with Crippen molar-refractivity contribution in [2.24, 2.45) is 0 Å². The predicted molar refractivity (Wildman–Crippen MR) is 145 cm³/mol. The summed E-state index contributed by atoms with van der Waals surface area (Å²) in [6.07, 6.45) is 6.24. The van der Waals surface area contributed by atoms with Crippen LogP contribution in [0.25, 0.3) is 10.1 Å². The number of benzene rings is 1. The summed E-state index contributed by atoms with van der Waals surface area (Å²) in [7, 11) is 2.18. The minimum Gasteiger partial charge on any atom is -0.339 e. The highest BCUT2D eigenvalue weighted by atomic mass is 35.5. The van der Waals surface area contributed by atoms with Crippen LogP contribution in [0.3, 0.4) is 0 Å². The molecule has 5 rings (SSSR count). The summed E-state index contributed by atoms with van der Waals surface area (Å²) in [4.78, 5) is 38.4. The van der Waals surface area contributed by atoms with Gasteiger partial charge in [-0.2, -0.15) is 0 Å². The lowest BCUT2D eigenvalue weighted by Crippen LogP contribution is -2.57. The Morgan fingerprint density at radius 2 is 1.78 bits per heavy atom. The third kappa shape index (κ3) is 5.89. The first kappa shape index (κ1) is 25.1. The summed E-state index contributed by atoms with van der Waals surface area (Å²) in [5.74, 6) is -0.253. The van der Waals surface area contributed by atoms with Crippen LogP contribution in [0.1, 0.15) is 28.1 Å². The first-order valence-corrected chi connectivity index (χ1v) is 13.8. The van der Waals surface area contributed by atoms with E-state index in [-0.39, 0.29) is 11.8 Å². The van der Waals surface area contributed by atoms with E-state index < -0.39 is 6.04 Å². The van der Waals surface area contributed by atoms with Gasteiger partial charge in [-0.15, -0.1) is 11.3 Å². The number of thiophene rings is 1. The minimum atomic E-state index is -0.636. The number of nitrogens with zero attached hydrogens (tertiary/aromatic N) is 4. The van der Waals surface area contributed by atoms with E-state index in [1.54, 1.807) is 12.4 Å². The highest BCUT2D eigenvalue weighted by molar-refractivity contribution is 7.20. The molecule has 2 saturated heterocycles. The van der Waals surface area contributed by atoms with Crippen LogP contribution in [0.2, 0.25) is 5.02 Å². The first-order valence-electron chi connectivity index (χ1n) is 12.6. The summed E-state index contributed by atoms with van der Waals surface area (Å²) in [5, 5.41) is 4.65. The second kappa shape index (κ2) is 11.3. The molecule has 3 aromatic rings. The summed E-state index contributed by atoms with van der Waals surface area (Å²) in [6.45, 7) is 5.41. The molecule has 4 heterocycles. The van der Waals surface area contributed by atoms with E-state index in [1.807, 2.05) is 41.3 Å². The number of carbonyl (C=O) groups is 2. The lowest BCUT2D eigenvalue weighted by atomic mass is 10.0. The van der Waals surface area contributed by atoms with E-state index in [0.29, 0.717) is 35.5 Å². The molecule has 0 spiro atoms. The largest absolute Gasteiger partial charge is 0.339 e. The number of pyridine rings is 1. The number of nitrogens with one attached hydrogen (secondary N) is 1. The fourth-order valence-electron chi connectivity index (χ4n) is 5.19. The second-order valence-electron chi connectivity index (χ2n) is 9.77. The number of amides is 2. The second-order valence-corrected chi connectivity index (χ2v) is 11.3. The van der Waals surface area contributed by atoms with E-state index in [0.717, 1.165) is 41.8 Å². The van der Waals surface area contributed by atoms with E-state index >= 15 is 0 Å². The third-order valence-corrected chi connectivity index (χ3v) is 8.66. The summed E-state index contributed by atoms with van der Waals surface area (Å²) < 4.78 is 0.953. The van der Waals surface area contributed by atoms with Gasteiger partial charge in [-0.05, 0) is 74.3 Å². The van der Waals surface area contributed by atoms with Gasteiger partial charge >= 0.3 is 0 Å². The van der Waals surface area contributed by atoms with Crippen molar-refractivity contribution in [3.63, 3.8) is 0 Å². The van der Waals surface area contributed by atoms with Gasteiger partial charge in [-0.1, -0.05) is 17.7 Å². The lowest BCUT2D eigenvalue weighted by molar-refractivity contribution is -0.135. The number of fused-ring (bicyclic) bond motifs is 1. The quantitative estimate of drug-likeness (QED) is 0.533. The molecule has 7 nitrogen and oxygen atoms in total. The molecule has 2 aliphatic heterocycles. The van der Waals surface area contributed by atoms with Crippen LogP contribution in [-0.2, 0) is 11.2 Å². The molecular formula is C27H32ClN5O2S. The molecule has 190 valence electrons. The molecule has 0 bridgehead atoms. The van der Waals surface area contributed by atoms with Crippen molar-refractivity contribution in [3.8, 4) is 0 Å². The fourth-order valence-corrected chi connectivity index (χ4v) is 6.43. The number of aromatic nitrogens is 1. The lowest BCUT2D eigenvalue weighted by Gasteiger charge is -2.42. The molecule has 0 unspecified atom stereocenters. The average Bonchev–Trinajstić information content (AvgIpc) is 3.32. The topological polar surface area (TPSA) is 68.8 Å². The van der Waals surface area contributed by atoms with Crippen molar-refractivity contribution in [1.82, 2.24) is 25.0 Å². The normalized spacial score (nSPS) is 18.9.